The third kappa shape index (κ3) is 3.71. The van der Waals surface area contributed by atoms with E-state index in [1.54, 1.807) is 0 Å². The minimum absolute atomic E-state index is 0.0589. The molecule has 1 fully saturated rings. The number of ether oxygens (including phenoxy) is 1. The van der Waals surface area contributed by atoms with Crippen molar-refractivity contribution in [1.82, 2.24) is 20.2 Å². The average Bonchev–Trinajstić information content (AvgIpc) is 3.07. The number of H-pyrrole nitrogens is 1. The molecule has 0 saturated carbocycles. The molecule has 7 nitrogen and oxygen atoms in total. The quantitative estimate of drug-likeness (QED) is 0.707. The molecule has 0 amide bonds. The van der Waals surface area contributed by atoms with Crippen molar-refractivity contribution in [2.75, 3.05) is 30.0 Å². The Labute approximate surface area is 165 Å². The number of anilines is 2. The number of aromatic nitrogens is 4. The van der Waals surface area contributed by atoms with Crippen molar-refractivity contribution >= 4 is 11.8 Å². The number of rotatable bonds is 5. The van der Waals surface area contributed by atoms with Crippen molar-refractivity contribution in [3.63, 3.8) is 0 Å². The van der Waals surface area contributed by atoms with Gasteiger partial charge >= 0.3 is 0 Å². The van der Waals surface area contributed by atoms with Gasteiger partial charge in [0, 0.05) is 24.0 Å². The summed E-state index contributed by atoms with van der Waals surface area (Å²) in [7, 11) is 0. The zero-order valence-electron chi connectivity index (χ0n) is 16.5. The predicted molar refractivity (Wildman–Crippen MR) is 109 cm³/mol. The summed E-state index contributed by atoms with van der Waals surface area (Å²) in [5, 5.41) is 10.7. The lowest BCUT2D eigenvalue weighted by Gasteiger charge is -2.36. The van der Waals surface area contributed by atoms with Crippen molar-refractivity contribution in [1.29, 1.82) is 0 Å². The second-order valence-corrected chi connectivity index (χ2v) is 7.15. The van der Waals surface area contributed by atoms with Gasteiger partial charge in [0.15, 0.2) is 0 Å². The Hall–Kier alpha value is -2.93. The molecule has 1 aliphatic heterocycles. The first-order valence-electron chi connectivity index (χ1n) is 9.64. The van der Waals surface area contributed by atoms with Crippen LogP contribution in [0, 0.1) is 13.8 Å². The molecule has 0 spiro atoms. The third-order valence-corrected chi connectivity index (χ3v) is 5.21. The number of benzene rings is 1. The lowest BCUT2D eigenvalue weighted by molar-refractivity contribution is 0.0937. The first kappa shape index (κ1) is 18.4. The van der Waals surface area contributed by atoms with Crippen molar-refractivity contribution < 1.29 is 4.74 Å². The molecular weight excluding hydrogens is 352 g/mol. The maximum absolute atomic E-state index is 5.75. The Bertz CT molecular complexity index is 906. The fourth-order valence-electron chi connectivity index (χ4n) is 3.87. The van der Waals surface area contributed by atoms with E-state index < -0.39 is 0 Å². The van der Waals surface area contributed by atoms with Gasteiger partial charge in [0.2, 0.25) is 5.95 Å². The van der Waals surface area contributed by atoms with Crippen LogP contribution in [0.1, 0.15) is 41.5 Å². The van der Waals surface area contributed by atoms with E-state index in [-0.39, 0.29) is 12.1 Å². The molecule has 1 aromatic carbocycles. The maximum Gasteiger partial charge on any atom is 0.225 e. The van der Waals surface area contributed by atoms with Gasteiger partial charge in [-0.2, -0.15) is 10.1 Å². The predicted octanol–water partition coefficient (Wildman–Crippen LogP) is 3.57. The average molecular weight is 378 g/mol. The van der Waals surface area contributed by atoms with Crippen LogP contribution in [0.4, 0.5) is 11.8 Å². The number of hydrogen-bond acceptors (Lipinski definition) is 6. The van der Waals surface area contributed by atoms with Crippen LogP contribution in [-0.4, -0.2) is 39.9 Å². The van der Waals surface area contributed by atoms with E-state index >= 15 is 0 Å². The molecule has 0 bridgehead atoms. The Kier molecular flexibility index (Phi) is 5.25. The third-order valence-electron chi connectivity index (χ3n) is 5.21. The van der Waals surface area contributed by atoms with Gasteiger partial charge in [0.1, 0.15) is 5.82 Å². The maximum atomic E-state index is 5.75. The smallest absolute Gasteiger partial charge is 0.225 e. The minimum Gasteiger partial charge on any atom is -0.377 e. The summed E-state index contributed by atoms with van der Waals surface area (Å²) in [5.41, 5.74) is 4.44. The van der Waals surface area contributed by atoms with Gasteiger partial charge in [-0.05, 0) is 32.4 Å². The Morgan fingerprint density at radius 3 is 2.79 bits per heavy atom. The van der Waals surface area contributed by atoms with Crippen LogP contribution < -0.4 is 10.2 Å². The number of hydrogen-bond donors (Lipinski definition) is 2. The normalized spacial score (nSPS) is 18.1. The van der Waals surface area contributed by atoms with Gasteiger partial charge in [0.25, 0.3) is 0 Å². The number of nitrogens with zero attached hydrogens (tertiary/aromatic N) is 4. The van der Waals surface area contributed by atoms with Crippen LogP contribution in [0.5, 0.6) is 0 Å². The second-order valence-electron chi connectivity index (χ2n) is 7.15. The van der Waals surface area contributed by atoms with Crippen LogP contribution in [0.3, 0.4) is 0 Å². The van der Waals surface area contributed by atoms with E-state index in [1.165, 1.54) is 5.56 Å². The molecular formula is C21H26N6O. The fourth-order valence-corrected chi connectivity index (χ4v) is 3.87. The lowest BCUT2D eigenvalue weighted by Crippen LogP contribution is -2.40. The first-order valence-corrected chi connectivity index (χ1v) is 9.64. The summed E-state index contributed by atoms with van der Waals surface area (Å²) in [4.78, 5) is 11.5. The van der Waals surface area contributed by atoms with Gasteiger partial charge in [-0.3, -0.25) is 5.10 Å². The van der Waals surface area contributed by atoms with E-state index in [1.807, 2.05) is 32.2 Å². The van der Waals surface area contributed by atoms with E-state index in [0.29, 0.717) is 19.2 Å². The summed E-state index contributed by atoms with van der Waals surface area (Å²) in [6, 6.07) is 12.6. The van der Waals surface area contributed by atoms with Gasteiger partial charge in [-0.25, -0.2) is 4.98 Å². The van der Waals surface area contributed by atoms with Crippen molar-refractivity contribution in [2.45, 2.75) is 32.9 Å². The molecule has 2 aromatic heterocycles. The number of morpholine rings is 1. The molecule has 7 heteroatoms. The molecule has 2 N–H and O–H groups in total. The van der Waals surface area contributed by atoms with Crippen LogP contribution in [0.25, 0.3) is 0 Å². The zero-order valence-corrected chi connectivity index (χ0v) is 16.5. The number of nitrogens with one attached hydrogen (secondary N) is 2. The molecule has 4 rings (SSSR count). The van der Waals surface area contributed by atoms with Crippen LogP contribution in [-0.2, 0) is 4.74 Å². The zero-order chi connectivity index (χ0) is 19.5. The molecule has 3 heterocycles. The van der Waals surface area contributed by atoms with Crippen LogP contribution >= 0.6 is 0 Å². The van der Waals surface area contributed by atoms with Gasteiger partial charge in [-0.15, -0.1) is 0 Å². The topological polar surface area (TPSA) is 79.0 Å². The highest BCUT2D eigenvalue weighted by molar-refractivity contribution is 5.47. The molecule has 2 atom stereocenters. The Morgan fingerprint density at radius 1 is 1.21 bits per heavy atom. The molecule has 28 heavy (non-hydrogen) atoms. The highest BCUT2D eigenvalue weighted by Crippen LogP contribution is 2.29. The van der Waals surface area contributed by atoms with E-state index in [4.69, 9.17) is 9.72 Å². The van der Waals surface area contributed by atoms with Crippen LogP contribution in [0.2, 0.25) is 0 Å². The first-order chi connectivity index (χ1) is 13.6. The summed E-state index contributed by atoms with van der Waals surface area (Å²) in [5.74, 6) is 1.52. The number of aromatic amines is 1. The summed E-state index contributed by atoms with van der Waals surface area (Å²) in [6.07, 6.45) is 1.81. The largest absolute Gasteiger partial charge is 0.377 e. The monoisotopic (exact) mass is 378 g/mol. The molecule has 0 radical (unpaired) electrons. The van der Waals surface area contributed by atoms with E-state index in [0.717, 1.165) is 29.3 Å². The molecule has 3 aromatic rings. The molecule has 146 valence electrons. The highest BCUT2D eigenvalue weighted by atomic mass is 16.5. The fraction of sp³-hybridized carbons (Fsp3) is 0.381. The van der Waals surface area contributed by atoms with Gasteiger partial charge in [-0.1, -0.05) is 30.3 Å². The standard InChI is InChI=1S/C21H26N6O/c1-14(20-15(2)25-26-16(20)3)23-21-22-10-9-19(24-21)27-11-12-28-13-18(27)17-7-5-4-6-8-17/h4-10,14,18H,11-13H2,1-3H3,(H,25,26)(H,22,23,24). The SMILES string of the molecule is Cc1n[nH]c(C)c1C(C)Nc1nccc(N2CCOCC2c2ccccc2)n1. The van der Waals surface area contributed by atoms with Crippen molar-refractivity contribution in [2.24, 2.45) is 0 Å². The summed E-state index contributed by atoms with van der Waals surface area (Å²) >= 11 is 0. The van der Waals surface area contributed by atoms with Crippen molar-refractivity contribution in [3.8, 4) is 0 Å². The van der Waals surface area contributed by atoms with Crippen molar-refractivity contribution in [3.05, 3.63) is 65.1 Å². The van der Waals surface area contributed by atoms with Gasteiger partial charge < -0.3 is 15.0 Å². The highest BCUT2D eigenvalue weighted by Gasteiger charge is 2.26. The molecule has 0 aliphatic carbocycles. The molecule has 1 saturated heterocycles. The lowest BCUT2D eigenvalue weighted by atomic mass is 10.1. The Morgan fingerprint density at radius 2 is 2.04 bits per heavy atom. The summed E-state index contributed by atoms with van der Waals surface area (Å²) < 4.78 is 5.75. The van der Waals surface area contributed by atoms with Gasteiger partial charge in [0.05, 0.1) is 31.0 Å². The Balaban J connectivity index is 1.57. The minimum atomic E-state index is 0.0589. The summed E-state index contributed by atoms with van der Waals surface area (Å²) in [6.45, 7) is 8.28. The van der Waals surface area contributed by atoms with E-state index in [9.17, 15) is 0 Å². The molecule has 1 aliphatic rings. The molecule has 2 unspecified atom stereocenters. The van der Waals surface area contributed by atoms with E-state index in [2.05, 4.69) is 56.6 Å². The number of aryl methyl sites for hydroxylation is 2. The van der Waals surface area contributed by atoms with Crippen LogP contribution in [0.15, 0.2) is 42.6 Å². The second kappa shape index (κ2) is 7.98.